The molecular weight excluding hydrogens is 218 g/mol. The molecule has 0 fully saturated rings. The minimum absolute atomic E-state index is 0.387. The van der Waals surface area contributed by atoms with Crippen molar-refractivity contribution in [3.8, 4) is 0 Å². The van der Waals surface area contributed by atoms with Crippen molar-refractivity contribution in [1.82, 2.24) is 0 Å². The first-order chi connectivity index (χ1) is 8.83. The van der Waals surface area contributed by atoms with Gasteiger partial charge in [0.05, 0.1) is 6.04 Å². The van der Waals surface area contributed by atoms with E-state index in [1.165, 1.54) is 16.8 Å². The van der Waals surface area contributed by atoms with Crippen LogP contribution in [0.5, 0.6) is 0 Å². The highest BCUT2D eigenvalue weighted by Crippen LogP contribution is 2.22. The highest BCUT2D eigenvalue weighted by Gasteiger charge is 2.08. The molecule has 2 aromatic rings. The van der Waals surface area contributed by atoms with Gasteiger partial charge >= 0.3 is 0 Å². The van der Waals surface area contributed by atoms with Crippen LogP contribution in [0.3, 0.4) is 0 Å². The largest absolute Gasteiger partial charge is 0.378 e. The Labute approximate surface area is 110 Å². The van der Waals surface area contributed by atoms with Gasteiger partial charge in [-0.15, -0.1) is 0 Å². The number of hydrogen-bond acceptors (Lipinski definition) is 1. The molecule has 1 N–H and O–H groups in total. The van der Waals surface area contributed by atoms with Gasteiger partial charge in [-0.2, -0.15) is 0 Å². The van der Waals surface area contributed by atoms with Crippen LogP contribution in [0.1, 0.15) is 37.4 Å². The quantitative estimate of drug-likeness (QED) is 0.789. The van der Waals surface area contributed by atoms with Crippen LogP contribution in [0.25, 0.3) is 0 Å². The van der Waals surface area contributed by atoms with Gasteiger partial charge in [-0.1, -0.05) is 56.3 Å². The van der Waals surface area contributed by atoms with Gasteiger partial charge in [0.1, 0.15) is 0 Å². The molecule has 2 rings (SSSR count). The molecule has 0 aliphatic rings. The third-order valence-electron chi connectivity index (χ3n) is 3.29. The van der Waals surface area contributed by atoms with Gasteiger partial charge in [0, 0.05) is 5.69 Å². The van der Waals surface area contributed by atoms with E-state index in [1.807, 2.05) is 0 Å². The first-order valence-corrected chi connectivity index (χ1v) is 6.74. The van der Waals surface area contributed by atoms with Crippen molar-refractivity contribution in [1.29, 1.82) is 0 Å². The maximum atomic E-state index is 3.62. The van der Waals surface area contributed by atoms with Gasteiger partial charge < -0.3 is 5.32 Å². The first-order valence-electron chi connectivity index (χ1n) is 6.74. The van der Waals surface area contributed by atoms with Crippen molar-refractivity contribution < 1.29 is 0 Å². The average Bonchev–Trinajstić information content (AvgIpc) is 2.46. The molecule has 18 heavy (non-hydrogen) atoms. The minimum Gasteiger partial charge on any atom is -0.378 e. The van der Waals surface area contributed by atoms with Crippen LogP contribution in [-0.4, -0.2) is 0 Å². The van der Waals surface area contributed by atoms with Crippen LogP contribution in [0, 0.1) is 0 Å². The monoisotopic (exact) mass is 239 g/mol. The first kappa shape index (κ1) is 12.7. The molecule has 1 unspecified atom stereocenters. The van der Waals surface area contributed by atoms with Crippen LogP contribution >= 0.6 is 0 Å². The fourth-order valence-corrected chi connectivity index (χ4v) is 2.19. The van der Waals surface area contributed by atoms with E-state index in [9.17, 15) is 0 Å². The number of benzene rings is 2. The molecule has 1 heteroatoms. The number of rotatable bonds is 5. The number of hydrogen-bond donors (Lipinski definition) is 1. The van der Waals surface area contributed by atoms with E-state index in [0.29, 0.717) is 6.04 Å². The molecular formula is C17H21N. The molecule has 0 aliphatic heterocycles. The van der Waals surface area contributed by atoms with Crippen LogP contribution in [0.15, 0.2) is 54.6 Å². The molecule has 94 valence electrons. The summed E-state index contributed by atoms with van der Waals surface area (Å²) in [6.07, 6.45) is 2.16. The normalized spacial score (nSPS) is 12.1. The molecule has 1 atom stereocenters. The van der Waals surface area contributed by atoms with Gasteiger partial charge in [0.25, 0.3) is 0 Å². The highest BCUT2D eigenvalue weighted by molar-refractivity contribution is 5.47. The molecule has 0 saturated heterocycles. The van der Waals surface area contributed by atoms with E-state index in [0.717, 1.165) is 12.8 Å². The summed E-state index contributed by atoms with van der Waals surface area (Å²) in [5.41, 5.74) is 3.94. The fourth-order valence-electron chi connectivity index (χ4n) is 2.19. The summed E-state index contributed by atoms with van der Waals surface area (Å²) in [5.74, 6) is 0. The van der Waals surface area contributed by atoms with E-state index in [4.69, 9.17) is 0 Å². The standard InChI is InChI=1S/C17H21N/c1-3-14-9-8-12-16(13-14)18-17(4-2)15-10-6-5-7-11-15/h5-13,17-18H,3-4H2,1-2H3. The third-order valence-corrected chi connectivity index (χ3v) is 3.29. The van der Waals surface area contributed by atoms with Gasteiger partial charge in [-0.25, -0.2) is 0 Å². The Bertz CT molecular complexity index is 476. The van der Waals surface area contributed by atoms with Crippen LogP contribution in [0.4, 0.5) is 5.69 Å². The van der Waals surface area contributed by atoms with Crippen LogP contribution in [-0.2, 0) is 6.42 Å². The molecule has 0 saturated carbocycles. The maximum absolute atomic E-state index is 3.62. The lowest BCUT2D eigenvalue weighted by molar-refractivity contribution is 0.749. The van der Waals surface area contributed by atoms with Gasteiger partial charge in [0.15, 0.2) is 0 Å². The molecule has 0 aliphatic carbocycles. The predicted molar refractivity (Wildman–Crippen MR) is 78.9 cm³/mol. The summed E-state index contributed by atoms with van der Waals surface area (Å²) < 4.78 is 0. The summed E-state index contributed by atoms with van der Waals surface area (Å²) in [5, 5.41) is 3.62. The van der Waals surface area contributed by atoms with Gasteiger partial charge in [-0.05, 0) is 36.1 Å². The van der Waals surface area contributed by atoms with Crippen molar-refractivity contribution in [2.45, 2.75) is 32.7 Å². The topological polar surface area (TPSA) is 12.0 Å². The summed E-state index contributed by atoms with van der Waals surface area (Å²) in [4.78, 5) is 0. The smallest absolute Gasteiger partial charge is 0.0511 e. The number of aryl methyl sites for hydroxylation is 1. The second-order valence-corrected chi connectivity index (χ2v) is 4.57. The highest BCUT2D eigenvalue weighted by atomic mass is 14.9. The molecule has 2 aromatic carbocycles. The van der Waals surface area contributed by atoms with E-state index < -0.39 is 0 Å². The zero-order valence-electron chi connectivity index (χ0n) is 11.2. The van der Waals surface area contributed by atoms with Crippen molar-refractivity contribution in [2.24, 2.45) is 0 Å². The van der Waals surface area contributed by atoms with E-state index in [-0.39, 0.29) is 0 Å². The molecule has 0 radical (unpaired) electrons. The number of anilines is 1. The van der Waals surface area contributed by atoms with E-state index >= 15 is 0 Å². The zero-order chi connectivity index (χ0) is 12.8. The molecule has 0 aromatic heterocycles. The Hall–Kier alpha value is -1.76. The lowest BCUT2D eigenvalue weighted by Gasteiger charge is -2.19. The van der Waals surface area contributed by atoms with Gasteiger partial charge in [0.2, 0.25) is 0 Å². The second-order valence-electron chi connectivity index (χ2n) is 4.57. The van der Waals surface area contributed by atoms with Gasteiger partial charge in [-0.3, -0.25) is 0 Å². The van der Waals surface area contributed by atoms with Crippen molar-refractivity contribution in [3.05, 3.63) is 65.7 Å². The molecule has 0 heterocycles. The minimum atomic E-state index is 0.387. The van der Waals surface area contributed by atoms with Crippen LogP contribution in [0.2, 0.25) is 0 Å². The Morgan fingerprint density at radius 1 is 0.944 bits per heavy atom. The summed E-state index contributed by atoms with van der Waals surface area (Å²) in [7, 11) is 0. The molecule has 0 amide bonds. The van der Waals surface area contributed by atoms with Crippen molar-refractivity contribution >= 4 is 5.69 Å². The third kappa shape index (κ3) is 3.13. The Morgan fingerprint density at radius 3 is 2.39 bits per heavy atom. The van der Waals surface area contributed by atoms with Crippen LogP contribution < -0.4 is 5.32 Å². The van der Waals surface area contributed by atoms with E-state index in [1.54, 1.807) is 0 Å². The summed E-state index contributed by atoms with van der Waals surface area (Å²) in [6, 6.07) is 19.7. The average molecular weight is 239 g/mol. The summed E-state index contributed by atoms with van der Waals surface area (Å²) in [6.45, 7) is 4.40. The van der Waals surface area contributed by atoms with Crippen molar-refractivity contribution in [2.75, 3.05) is 5.32 Å². The van der Waals surface area contributed by atoms with E-state index in [2.05, 4.69) is 73.8 Å². The zero-order valence-corrected chi connectivity index (χ0v) is 11.2. The predicted octanol–water partition coefficient (Wildman–Crippen LogP) is 4.81. The SMILES string of the molecule is CCc1cccc(NC(CC)c2ccccc2)c1. The summed E-state index contributed by atoms with van der Waals surface area (Å²) >= 11 is 0. The molecule has 0 spiro atoms. The lowest BCUT2D eigenvalue weighted by atomic mass is 10.0. The molecule has 1 nitrogen and oxygen atoms in total. The Morgan fingerprint density at radius 2 is 1.72 bits per heavy atom. The Kier molecular flexibility index (Phi) is 4.40. The second kappa shape index (κ2) is 6.25. The van der Waals surface area contributed by atoms with Crippen molar-refractivity contribution in [3.63, 3.8) is 0 Å². The lowest BCUT2D eigenvalue weighted by Crippen LogP contribution is -2.09. The fraction of sp³-hybridized carbons (Fsp3) is 0.294. The Balaban J connectivity index is 2.15. The maximum Gasteiger partial charge on any atom is 0.0511 e. The molecule has 0 bridgehead atoms. The number of nitrogens with one attached hydrogen (secondary N) is 1.